The fourth-order valence-electron chi connectivity index (χ4n) is 4.36. The summed E-state index contributed by atoms with van der Waals surface area (Å²) in [6.07, 6.45) is 2.69. The molecule has 0 saturated carbocycles. The normalized spacial score (nSPS) is 11.4. The van der Waals surface area contributed by atoms with Gasteiger partial charge in [0.15, 0.2) is 11.6 Å². The van der Waals surface area contributed by atoms with Crippen molar-refractivity contribution < 1.29 is 0 Å². The summed E-state index contributed by atoms with van der Waals surface area (Å²) >= 11 is 0. The molecule has 8 nitrogen and oxygen atoms in total. The average molecular weight is 493 g/mol. The summed E-state index contributed by atoms with van der Waals surface area (Å²) in [5.41, 5.74) is 12.4. The summed E-state index contributed by atoms with van der Waals surface area (Å²) in [5, 5.41) is 19.3. The standard InChI is InChI=1S/C29H32N8/c1-20(2)7-16-27-31-28(17-21-8-10-22(18-30)11-9-21)37(34-27)19-23-12-14-24(15-13-23)25-5-3-4-6-26(25)29-32-35-36-33-29/h3-6,8-15,20H,7,16-19,30H2,1-2H3,(H,32,33,35,36). The van der Waals surface area contributed by atoms with Gasteiger partial charge in [-0.2, -0.15) is 5.10 Å². The molecule has 0 unspecified atom stereocenters. The summed E-state index contributed by atoms with van der Waals surface area (Å²) in [4.78, 5) is 4.93. The smallest absolute Gasteiger partial charge is 0.180 e. The van der Waals surface area contributed by atoms with Crippen molar-refractivity contribution in [1.82, 2.24) is 35.4 Å². The van der Waals surface area contributed by atoms with Crippen LogP contribution in [0.15, 0.2) is 72.8 Å². The fourth-order valence-corrected chi connectivity index (χ4v) is 4.36. The molecule has 0 saturated heterocycles. The number of hydrogen-bond acceptors (Lipinski definition) is 6. The molecule has 2 heterocycles. The molecule has 0 aliphatic heterocycles. The van der Waals surface area contributed by atoms with Crippen LogP contribution < -0.4 is 5.73 Å². The number of aromatic nitrogens is 7. The number of nitrogens with two attached hydrogens (primary N) is 1. The Hall–Kier alpha value is -4.17. The van der Waals surface area contributed by atoms with Crippen molar-refractivity contribution in [3.05, 3.63) is 101 Å². The van der Waals surface area contributed by atoms with Crippen molar-refractivity contribution in [2.75, 3.05) is 0 Å². The van der Waals surface area contributed by atoms with E-state index in [-0.39, 0.29) is 0 Å². The Balaban J connectivity index is 1.39. The van der Waals surface area contributed by atoms with Gasteiger partial charge in [0.05, 0.1) is 6.54 Å². The van der Waals surface area contributed by atoms with Crippen LogP contribution >= 0.6 is 0 Å². The van der Waals surface area contributed by atoms with E-state index in [2.05, 4.69) is 93.8 Å². The number of H-pyrrole nitrogens is 1. The number of nitrogens with zero attached hydrogens (tertiary/aromatic N) is 6. The van der Waals surface area contributed by atoms with Gasteiger partial charge in [0.2, 0.25) is 0 Å². The van der Waals surface area contributed by atoms with Crippen molar-refractivity contribution >= 4 is 0 Å². The Morgan fingerprint density at radius 1 is 0.865 bits per heavy atom. The Labute approximate surface area is 217 Å². The maximum Gasteiger partial charge on any atom is 0.180 e. The molecule has 5 rings (SSSR count). The van der Waals surface area contributed by atoms with E-state index in [1.54, 1.807) is 0 Å². The number of tetrazole rings is 1. The Morgan fingerprint density at radius 3 is 2.24 bits per heavy atom. The predicted octanol–water partition coefficient (Wildman–Crippen LogP) is 4.81. The number of nitrogens with one attached hydrogen (secondary N) is 1. The predicted molar refractivity (Wildman–Crippen MR) is 144 cm³/mol. The lowest BCUT2D eigenvalue weighted by atomic mass is 9.98. The topological polar surface area (TPSA) is 111 Å². The first-order valence-electron chi connectivity index (χ1n) is 12.7. The van der Waals surface area contributed by atoms with E-state index in [1.165, 1.54) is 11.1 Å². The first-order chi connectivity index (χ1) is 18.1. The van der Waals surface area contributed by atoms with Crippen LogP contribution in [0.4, 0.5) is 0 Å². The molecular formula is C29H32N8. The molecule has 0 atom stereocenters. The van der Waals surface area contributed by atoms with Crippen LogP contribution in [0, 0.1) is 5.92 Å². The van der Waals surface area contributed by atoms with Crippen LogP contribution in [-0.2, 0) is 25.9 Å². The minimum absolute atomic E-state index is 0.547. The van der Waals surface area contributed by atoms with Gasteiger partial charge in [0, 0.05) is 24.9 Å². The maximum absolute atomic E-state index is 5.77. The van der Waals surface area contributed by atoms with Gasteiger partial charge < -0.3 is 5.73 Å². The summed E-state index contributed by atoms with van der Waals surface area (Å²) in [6, 6.07) is 25.1. The number of rotatable bonds is 10. The fraction of sp³-hybridized carbons (Fsp3) is 0.276. The number of aromatic amines is 1. The van der Waals surface area contributed by atoms with E-state index in [0.717, 1.165) is 53.2 Å². The molecule has 37 heavy (non-hydrogen) atoms. The molecule has 0 aliphatic rings. The van der Waals surface area contributed by atoms with Gasteiger partial charge in [-0.15, -0.1) is 5.10 Å². The third-order valence-electron chi connectivity index (χ3n) is 6.48. The molecule has 2 aromatic heterocycles. The Morgan fingerprint density at radius 2 is 1.57 bits per heavy atom. The van der Waals surface area contributed by atoms with E-state index in [4.69, 9.17) is 15.8 Å². The largest absolute Gasteiger partial charge is 0.326 e. The van der Waals surface area contributed by atoms with Gasteiger partial charge >= 0.3 is 0 Å². The molecule has 188 valence electrons. The maximum atomic E-state index is 5.77. The van der Waals surface area contributed by atoms with Gasteiger partial charge in [-0.3, -0.25) is 0 Å². The summed E-state index contributed by atoms with van der Waals surface area (Å²) in [5.74, 6) is 3.16. The monoisotopic (exact) mass is 492 g/mol. The highest BCUT2D eigenvalue weighted by atomic mass is 15.5. The number of aryl methyl sites for hydroxylation is 1. The van der Waals surface area contributed by atoms with Crippen LogP contribution in [-0.4, -0.2) is 35.4 Å². The highest BCUT2D eigenvalue weighted by molar-refractivity contribution is 5.80. The molecular weight excluding hydrogens is 460 g/mol. The first kappa shape index (κ1) is 24.5. The second kappa shape index (κ2) is 11.3. The molecule has 0 spiro atoms. The van der Waals surface area contributed by atoms with Gasteiger partial charge in [0.25, 0.3) is 0 Å². The zero-order valence-corrected chi connectivity index (χ0v) is 21.3. The zero-order valence-electron chi connectivity index (χ0n) is 21.3. The van der Waals surface area contributed by atoms with Crippen LogP contribution in [0.1, 0.15) is 48.6 Å². The molecule has 8 heteroatoms. The molecule has 0 fully saturated rings. The highest BCUT2D eigenvalue weighted by Crippen LogP contribution is 2.29. The summed E-state index contributed by atoms with van der Waals surface area (Å²) < 4.78 is 2.05. The lowest BCUT2D eigenvalue weighted by Gasteiger charge is -2.10. The van der Waals surface area contributed by atoms with Gasteiger partial charge in [-0.25, -0.2) is 14.8 Å². The molecule has 0 amide bonds. The average Bonchev–Trinajstić information content (AvgIpc) is 3.59. The van der Waals surface area contributed by atoms with E-state index < -0.39 is 0 Å². The molecule has 0 radical (unpaired) electrons. The molecule has 3 aromatic carbocycles. The first-order valence-corrected chi connectivity index (χ1v) is 12.7. The van der Waals surface area contributed by atoms with Crippen LogP contribution in [0.25, 0.3) is 22.5 Å². The minimum Gasteiger partial charge on any atom is -0.326 e. The summed E-state index contributed by atoms with van der Waals surface area (Å²) in [7, 11) is 0. The van der Waals surface area contributed by atoms with Crippen molar-refractivity contribution in [3.8, 4) is 22.5 Å². The Kier molecular flexibility index (Phi) is 7.46. The third kappa shape index (κ3) is 5.98. The van der Waals surface area contributed by atoms with Crippen molar-refractivity contribution in [3.63, 3.8) is 0 Å². The SMILES string of the molecule is CC(C)CCc1nc(Cc2ccc(CN)cc2)n(Cc2ccc(-c3ccccc3-c3nnn[nH]3)cc2)n1. The van der Waals surface area contributed by atoms with E-state index in [0.29, 0.717) is 24.8 Å². The quantitative estimate of drug-likeness (QED) is 0.289. The van der Waals surface area contributed by atoms with E-state index >= 15 is 0 Å². The van der Waals surface area contributed by atoms with Crippen LogP contribution in [0.5, 0.6) is 0 Å². The molecule has 5 aromatic rings. The van der Waals surface area contributed by atoms with Crippen LogP contribution in [0.3, 0.4) is 0 Å². The second-order valence-electron chi connectivity index (χ2n) is 9.72. The van der Waals surface area contributed by atoms with Gasteiger partial charge in [-0.05, 0) is 50.6 Å². The molecule has 3 N–H and O–H groups in total. The molecule has 0 bridgehead atoms. The zero-order chi connectivity index (χ0) is 25.6. The van der Waals surface area contributed by atoms with Gasteiger partial charge in [0.1, 0.15) is 5.82 Å². The van der Waals surface area contributed by atoms with E-state index in [1.807, 2.05) is 18.2 Å². The minimum atomic E-state index is 0.547. The van der Waals surface area contributed by atoms with Crippen LogP contribution in [0.2, 0.25) is 0 Å². The van der Waals surface area contributed by atoms with Crippen molar-refractivity contribution in [2.24, 2.45) is 11.7 Å². The second-order valence-corrected chi connectivity index (χ2v) is 9.72. The van der Waals surface area contributed by atoms with E-state index in [9.17, 15) is 0 Å². The van der Waals surface area contributed by atoms with Crippen molar-refractivity contribution in [2.45, 2.75) is 46.2 Å². The molecule has 0 aliphatic carbocycles. The van der Waals surface area contributed by atoms with Gasteiger partial charge in [-0.1, -0.05) is 86.6 Å². The Bertz CT molecular complexity index is 1420. The number of benzene rings is 3. The lowest BCUT2D eigenvalue weighted by molar-refractivity contribution is 0.568. The number of hydrogen-bond donors (Lipinski definition) is 2. The highest BCUT2D eigenvalue weighted by Gasteiger charge is 2.14. The lowest BCUT2D eigenvalue weighted by Crippen LogP contribution is -2.08. The summed E-state index contributed by atoms with van der Waals surface area (Å²) in [6.45, 7) is 5.68. The third-order valence-corrected chi connectivity index (χ3v) is 6.48. The van der Waals surface area contributed by atoms with Crippen molar-refractivity contribution in [1.29, 1.82) is 0 Å².